The van der Waals surface area contributed by atoms with Gasteiger partial charge in [0, 0.05) is 37.5 Å². The van der Waals surface area contributed by atoms with Crippen molar-refractivity contribution in [1.82, 2.24) is 15.5 Å². The molecule has 1 aromatic carbocycles. The minimum atomic E-state index is 0. The largest absolute Gasteiger partial charge is 0.376 e. The summed E-state index contributed by atoms with van der Waals surface area (Å²) in [4.78, 5) is 7.30. The van der Waals surface area contributed by atoms with Crippen molar-refractivity contribution >= 4 is 41.7 Å². The van der Waals surface area contributed by atoms with Gasteiger partial charge in [0.15, 0.2) is 5.96 Å². The lowest BCUT2D eigenvalue weighted by atomic mass is 10.1. The Morgan fingerprint density at radius 1 is 1.34 bits per heavy atom. The highest BCUT2D eigenvalue weighted by molar-refractivity contribution is 14.0. The third-order valence-electron chi connectivity index (χ3n) is 5.42. The van der Waals surface area contributed by atoms with Gasteiger partial charge in [0.1, 0.15) is 0 Å². The third-order valence-corrected chi connectivity index (χ3v) is 6.96. The number of hydrogen-bond donors (Lipinski definition) is 2. The van der Waals surface area contributed by atoms with Crippen LogP contribution in [-0.4, -0.2) is 60.2 Å². The van der Waals surface area contributed by atoms with Crippen LogP contribution < -0.4 is 10.6 Å². The van der Waals surface area contributed by atoms with Crippen LogP contribution in [0.5, 0.6) is 0 Å². The van der Waals surface area contributed by atoms with Gasteiger partial charge in [0.25, 0.3) is 0 Å². The van der Waals surface area contributed by atoms with E-state index in [1.165, 1.54) is 29.7 Å². The molecule has 3 rings (SSSR count). The van der Waals surface area contributed by atoms with Gasteiger partial charge >= 0.3 is 0 Å². The maximum Gasteiger partial charge on any atom is 0.191 e. The molecule has 0 bridgehead atoms. The quantitative estimate of drug-likeness (QED) is 0.317. The second-order valence-electron chi connectivity index (χ2n) is 8.19. The number of morpholine rings is 1. The average molecular weight is 533 g/mol. The van der Waals surface area contributed by atoms with Gasteiger partial charge in [-0.25, -0.2) is 4.99 Å². The van der Waals surface area contributed by atoms with Gasteiger partial charge in [-0.2, -0.15) is 11.8 Å². The highest BCUT2D eigenvalue weighted by Crippen LogP contribution is 2.36. The summed E-state index contributed by atoms with van der Waals surface area (Å²) >= 11 is 2.08. The van der Waals surface area contributed by atoms with Crippen LogP contribution in [0.25, 0.3) is 0 Å². The molecular weight excluding hydrogens is 495 g/mol. The van der Waals surface area contributed by atoms with Crippen molar-refractivity contribution < 1.29 is 4.74 Å². The van der Waals surface area contributed by atoms with Crippen LogP contribution >= 0.6 is 35.7 Å². The van der Waals surface area contributed by atoms with Gasteiger partial charge in [-0.1, -0.05) is 24.3 Å². The molecule has 2 fully saturated rings. The Hall–Kier alpha value is -0.510. The van der Waals surface area contributed by atoms with E-state index in [1.54, 1.807) is 0 Å². The molecular formula is C22H37IN4OS. The molecule has 2 heterocycles. The maximum absolute atomic E-state index is 5.65. The van der Waals surface area contributed by atoms with E-state index < -0.39 is 0 Å². The molecule has 2 N–H and O–H groups in total. The number of aliphatic imine (C=N–C) groups is 1. The molecule has 2 aliphatic heterocycles. The van der Waals surface area contributed by atoms with E-state index in [-0.39, 0.29) is 24.0 Å². The molecule has 29 heavy (non-hydrogen) atoms. The second-order valence-corrected chi connectivity index (χ2v) is 9.87. The SMILES string of the molecule is CCNC(=NCc1cccc(CN2CCOC(C)C2)c1)NCC1(C)CCCS1.I. The summed E-state index contributed by atoms with van der Waals surface area (Å²) in [5.74, 6) is 2.20. The Kier molecular flexibility index (Phi) is 10.6. The Bertz CT molecular complexity index is 651. The molecule has 0 radical (unpaired) electrons. The van der Waals surface area contributed by atoms with Crippen molar-refractivity contribution in [3.8, 4) is 0 Å². The summed E-state index contributed by atoms with van der Waals surface area (Å²) in [5.41, 5.74) is 2.62. The monoisotopic (exact) mass is 532 g/mol. The first-order valence-electron chi connectivity index (χ1n) is 10.6. The number of halogens is 1. The predicted octanol–water partition coefficient (Wildman–Crippen LogP) is 3.87. The molecule has 7 heteroatoms. The Morgan fingerprint density at radius 2 is 2.17 bits per heavy atom. The molecule has 0 spiro atoms. The van der Waals surface area contributed by atoms with Gasteiger partial charge in [0.05, 0.1) is 19.3 Å². The highest BCUT2D eigenvalue weighted by atomic mass is 127. The molecule has 2 unspecified atom stereocenters. The van der Waals surface area contributed by atoms with Gasteiger partial charge < -0.3 is 15.4 Å². The van der Waals surface area contributed by atoms with E-state index in [2.05, 4.69) is 72.3 Å². The molecule has 2 aliphatic rings. The van der Waals surface area contributed by atoms with Crippen LogP contribution in [0.4, 0.5) is 0 Å². The Morgan fingerprint density at radius 3 is 2.90 bits per heavy atom. The van der Waals surface area contributed by atoms with Crippen molar-refractivity contribution in [2.45, 2.75) is 57.6 Å². The third kappa shape index (κ3) is 8.26. The molecule has 0 saturated carbocycles. The van der Waals surface area contributed by atoms with Crippen molar-refractivity contribution in [2.75, 3.05) is 38.5 Å². The fraction of sp³-hybridized carbons (Fsp3) is 0.682. The Labute approximate surface area is 197 Å². The fourth-order valence-corrected chi connectivity index (χ4v) is 5.12. The first-order valence-corrected chi connectivity index (χ1v) is 11.6. The minimum absolute atomic E-state index is 0. The summed E-state index contributed by atoms with van der Waals surface area (Å²) in [6.45, 7) is 13.0. The summed E-state index contributed by atoms with van der Waals surface area (Å²) in [7, 11) is 0. The van der Waals surface area contributed by atoms with Crippen LogP contribution in [0.15, 0.2) is 29.3 Å². The fourth-order valence-electron chi connectivity index (χ4n) is 3.88. The van der Waals surface area contributed by atoms with Crippen molar-refractivity contribution in [3.05, 3.63) is 35.4 Å². The number of thioether (sulfide) groups is 1. The van der Waals surface area contributed by atoms with E-state index in [4.69, 9.17) is 9.73 Å². The number of hydrogen-bond acceptors (Lipinski definition) is 4. The molecule has 0 aromatic heterocycles. The topological polar surface area (TPSA) is 48.9 Å². The number of benzene rings is 1. The number of rotatable bonds is 7. The zero-order valence-electron chi connectivity index (χ0n) is 18.1. The number of ether oxygens (including phenoxy) is 1. The summed E-state index contributed by atoms with van der Waals surface area (Å²) in [6.07, 6.45) is 2.94. The number of guanidine groups is 1. The zero-order valence-corrected chi connectivity index (χ0v) is 21.2. The van der Waals surface area contributed by atoms with Crippen LogP contribution in [0.3, 0.4) is 0 Å². The van der Waals surface area contributed by atoms with E-state index in [0.717, 1.165) is 45.3 Å². The lowest BCUT2D eigenvalue weighted by Crippen LogP contribution is -2.43. The van der Waals surface area contributed by atoms with E-state index in [9.17, 15) is 0 Å². The standard InChI is InChI=1S/C22H36N4OS.HI/c1-4-23-21(25-17-22(3)9-6-12-28-22)24-14-19-7-5-8-20(13-19)16-26-10-11-27-18(2)15-26;/h5,7-8,13,18H,4,6,9-12,14-17H2,1-3H3,(H2,23,24,25);1H. The predicted molar refractivity (Wildman–Crippen MR) is 135 cm³/mol. The van der Waals surface area contributed by atoms with Gasteiger partial charge in [-0.15, -0.1) is 24.0 Å². The maximum atomic E-state index is 5.65. The molecule has 2 saturated heterocycles. The van der Waals surface area contributed by atoms with Crippen LogP contribution in [0.1, 0.15) is 44.7 Å². The summed E-state index contributed by atoms with van der Waals surface area (Å²) in [5, 5.41) is 6.94. The molecule has 2 atom stereocenters. The van der Waals surface area contributed by atoms with Crippen molar-refractivity contribution in [3.63, 3.8) is 0 Å². The van der Waals surface area contributed by atoms with Gasteiger partial charge in [0.2, 0.25) is 0 Å². The van der Waals surface area contributed by atoms with E-state index >= 15 is 0 Å². The van der Waals surface area contributed by atoms with Gasteiger partial charge in [-0.3, -0.25) is 4.90 Å². The first kappa shape index (κ1) is 24.8. The first-order chi connectivity index (χ1) is 13.6. The van der Waals surface area contributed by atoms with Crippen molar-refractivity contribution in [1.29, 1.82) is 0 Å². The van der Waals surface area contributed by atoms with Crippen LogP contribution in [0.2, 0.25) is 0 Å². The van der Waals surface area contributed by atoms with Crippen molar-refractivity contribution in [2.24, 2.45) is 4.99 Å². The minimum Gasteiger partial charge on any atom is -0.376 e. The average Bonchev–Trinajstić information content (AvgIpc) is 3.11. The lowest BCUT2D eigenvalue weighted by molar-refractivity contribution is -0.0212. The molecule has 0 amide bonds. The number of nitrogens with zero attached hydrogens (tertiary/aromatic N) is 2. The molecule has 1 aromatic rings. The summed E-state index contributed by atoms with van der Waals surface area (Å²) in [6, 6.07) is 8.84. The number of nitrogens with one attached hydrogen (secondary N) is 2. The van der Waals surface area contributed by atoms with Crippen LogP contribution in [0, 0.1) is 0 Å². The van der Waals surface area contributed by atoms with E-state index in [0.29, 0.717) is 17.4 Å². The Balaban J connectivity index is 0.00000300. The molecule has 5 nitrogen and oxygen atoms in total. The lowest BCUT2D eigenvalue weighted by Gasteiger charge is -2.31. The van der Waals surface area contributed by atoms with Gasteiger partial charge in [-0.05, 0) is 50.5 Å². The molecule has 0 aliphatic carbocycles. The second kappa shape index (κ2) is 12.4. The van der Waals surface area contributed by atoms with Crippen LogP contribution in [-0.2, 0) is 17.8 Å². The normalized spacial score (nSPS) is 25.5. The zero-order chi connectivity index (χ0) is 19.8. The summed E-state index contributed by atoms with van der Waals surface area (Å²) < 4.78 is 5.99. The smallest absolute Gasteiger partial charge is 0.191 e. The van der Waals surface area contributed by atoms with E-state index in [1.807, 2.05) is 0 Å². The highest BCUT2D eigenvalue weighted by Gasteiger charge is 2.29. The molecule has 164 valence electrons.